The van der Waals surface area contributed by atoms with Crippen molar-refractivity contribution in [2.75, 3.05) is 33.4 Å². The standard InChI is InChI=1S/C19H24N2O2.ClH/c1-23-12-11-20-9-10-21-19(22)18-13-17(18)16-8-4-6-14-5-2-3-7-15(14)16;/h2-8,17-18,20H,9-13H2,1H3,(H,21,22);1H. The highest BCUT2D eigenvalue weighted by atomic mass is 35.5. The summed E-state index contributed by atoms with van der Waals surface area (Å²) >= 11 is 0. The number of carbonyl (C=O) groups excluding carboxylic acids is 1. The number of carbonyl (C=O) groups is 1. The summed E-state index contributed by atoms with van der Waals surface area (Å²) in [6, 6.07) is 14.8. The summed E-state index contributed by atoms with van der Waals surface area (Å²) in [7, 11) is 1.68. The number of amides is 1. The molecule has 130 valence electrons. The molecule has 1 saturated carbocycles. The molecule has 1 aliphatic carbocycles. The lowest BCUT2D eigenvalue weighted by molar-refractivity contribution is -0.122. The maximum atomic E-state index is 12.3. The highest BCUT2D eigenvalue weighted by Gasteiger charge is 2.44. The van der Waals surface area contributed by atoms with Crippen molar-refractivity contribution in [3.63, 3.8) is 0 Å². The first-order valence-electron chi connectivity index (χ1n) is 8.26. The molecule has 2 N–H and O–H groups in total. The van der Waals surface area contributed by atoms with E-state index in [0.29, 0.717) is 19.1 Å². The van der Waals surface area contributed by atoms with E-state index in [1.807, 2.05) is 0 Å². The van der Waals surface area contributed by atoms with Crippen LogP contribution in [0.25, 0.3) is 10.8 Å². The Morgan fingerprint density at radius 2 is 1.92 bits per heavy atom. The Balaban J connectivity index is 0.00000208. The van der Waals surface area contributed by atoms with Crippen molar-refractivity contribution < 1.29 is 9.53 Å². The molecule has 4 nitrogen and oxygen atoms in total. The number of methoxy groups -OCH3 is 1. The number of ether oxygens (including phenoxy) is 1. The summed E-state index contributed by atoms with van der Waals surface area (Å²) < 4.78 is 4.97. The molecule has 0 spiro atoms. The van der Waals surface area contributed by atoms with Crippen LogP contribution in [0, 0.1) is 5.92 Å². The molecule has 1 amide bonds. The van der Waals surface area contributed by atoms with Gasteiger partial charge in [0.1, 0.15) is 0 Å². The Kier molecular flexibility index (Phi) is 7.03. The lowest BCUT2D eigenvalue weighted by Crippen LogP contribution is -2.34. The minimum Gasteiger partial charge on any atom is -0.383 e. The van der Waals surface area contributed by atoms with E-state index in [-0.39, 0.29) is 24.2 Å². The van der Waals surface area contributed by atoms with Gasteiger partial charge in [-0.2, -0.15) is 0 Å². The predicted molar refractivity (Wildman–Crippen MR) is 99.8 cm³/mol. The van der Waals surface area contributed by atoms with Crippen LogP contribution >= 0.6 is 12.4 Å². The van der Waals surface area contributed by atoms with Crippen LogP contribution in [0.4, 0.5) is 0 Å². The van der Waals surface area contributed by atoms with E-state index in [9.17, 15) is 4.79 Å². The summed E-state index contributed by atoms with van der Waals surface area (Å²) in [5.41, 5.74) is 1.31. The summed E-state index contributed by atoms with van der Waals surface area (Å²) in [5, 5.41) is 8.78. The Bertz CT molecular complexity index is 672. The van der Waals surface area contributed by atoms with Crippen molar-refractivity contribution in [1.29, 1.82) is 0 Å². The second-order valence-electron chi connectivity index (χ2n) is 6.05. The van der Waals surface area contributed by atoms with Gasteiger partial charge in [-0.3, -0.25) is 4.79 Å². The van der Waals surface area contributed by atoms with Gasteiger partial charge in [0.25, 0.3) is 0 Å². The Hall–Kier alpha value is -1.62. The van der Waals surface area contributed by atoms with Crippen molar-refractivity contribution in [3.8, 4) is 0 Å². The van der Waals surface area contributed by atoms with Crippen molar-refractivity contribution in [2.24, 2.45) is 5.92 Å². The van der Waals surface area contributed by atoms with Gasteiger partial charge in [0, 0.05) is 32.7 Å². The molecule has 0 heterocycles. The van der Waals surface area contributed by atoms with Crippen LogP contribution in [-0.2, 0) is 9.53 Å². The van der Waals surface area contributed by atoms with E-state index in [1.54, 1.807) is 7.11 Å². The van der Waals surface area contributed by atoms with Crippen LogP contribution in [0.1, 0.15) is 17.9 Å². The lowest BCUT2D eigenvalue weighted by Gasteiger charge is -2.08. The van der Waals surface area contributed by atoms with E-state index in [1.165, 1.54) is 16.3 Å². The van der Waals surface area contributed by atoms with Gasteiger partial charge in [0.15, 0.2) is 0 Å². The van der Waals surface area contributed by atoms with Crippen LogP contribution in [0.15, 0.2) is 42.5 Å². The predicted octanol–water partition coefficient (Wildman–Crippen LogP) is 2.72. The van der Waals surface area contributed by atoms with Gasteiger partial charge in [-0.1, -0.05) is 42.5 Å². The van der Waals surface area contributed by atoms with Gasteiger partial charge >= 0.3 is 0 Å². The van der Waals surface area contributed by atoms with Gasteiger partial charge in [0.2, 0.25) is 5.91 Å². The van der Waals surface area contributed by atoms with E-state index in [2.05, 4.69) is 53.1 Å². The third-order valence-electron chi connectivity index (χ3n) is 4.43. The summed E-state index contributed by atoms with van der Waals surface area (Å²) in [6.07, 6.45) is 0.955. The van der Waals surface area contributed by atoms with Gasteiger partial charge in [0.05, 0.1) is 6.61 Å². The van der Waals surface area contributed by atoms with Crippen molar-refractivity contribution in [1.82, 2.24) is 10.6 Å². The molecule has 0 aliphatic heterocycles. The summed E-state index contributed by atoms with van der Waals surface area (Å²) in [6.45, 7) is 2.95. The van der Waals surface area contributed by atoms with Crippen LogP contribution in [0.3, 0.4) is 0 Å². The van der Waals surface area contributed by atoms with E-state index in [4.69, 9.17) is 4.74 Å². The largest absolute Gasteiger partial charge is 0.383 e. The molecule has 0 aromatic heterocycles. The second kappa shape index (κ2) is 9.02. The number of hydrogen-bond acceptors (Lipinski definition) is 3. The lowest BCUT2D eigenvalue weighted by atomic mass is 10.00. The fraction of sp³-hybridized carbons (Fsp3) is 0.421. The van der Waals surface area contributed by atoms with Crippen LogP contribution in [0.5, 0.6) is 0 Å². The molecule has 0 saturated heterocycles. The van der Waals surface area contributed by atoms with E-state index >= 15 is 0 Å². The van der Waals surface area contributed by atoms with Crippen molar-refractivity contribution in [2.45, 2.75) is 12.3 Å². The topological polar surface area (TPSA) is 50.4 Å². The van der Waals surface area contributed by atoms with Crippen LogP contribution in [0.2, 0.25) is 0 Å². The molecule has 0 bridgehead atoms. The molecule has 1 aliphatic rings. The van der Waals surface area contributed by atoms with Crippen molar-refractivity contribution in [3.05, 3.63) is 48.0 Å². The minimum atomic E-state index is 0. The molecule has 2 aromatic carbocycles. The fourth-order valence-corrected chi connectivity index (χ4v) is 3.11. The maximum Gasteiger partial charge on any atom is 0.223 e. The number of nitrogens with one attached hydrogen (secondary N) is 2. The smallest absolute Gasteiger partial charge is 0.223 e. The molecular weight excluding hydrogens is 324 g/mol. The number of benzene rings is 2. The average Bonchev–Trinajstić information content (AvgIpc) is 3.38. The molecule has 0 radical (unpaired) electrons. The zero-order valence-electron chi connectivity index (χ0n) is 14.0. The molecule has 24 heavy (non-hydrogen) atoms. The first-order chi connectivity index (χ1) is 11.3. The first-order valence-corrected chi connectivity index (χ1v) is 8.26. The van der Waals surface area contributed by atoms with E-state index < -0.39 is 0 Å². The van der Waals surface area contributed by atoms with Crippen LogP contribution < -0.4 is 10.6 Å². The van der Waals surface area contributed by atoms with E-state index in [0.717, 1.165) is 19.5 Å². The number of rotatable bonds is 8. The third kappa shape index (κ3) is 4.47. The molecule has 5 heteroatoms. The zero-order chi connectivity index (χ0) is 16.1. The Morgan fingerprint density at radius 3 is 2.75 bits per heavy atom. The number of halogens is 1. The summed E-state index contributed by atoms with van der Waals surface area (Å²) in [4.78, 5) is 12.3. The molecule has 2 aromatic rings. The monoisotopic (exact) mass is 348 g/mol. The number of fused-ring (bicyclic) bond motifs is 1. The fourth-order valence-electron chi connectivity index (χ4n) is 3.11. The maximum absolute atomic E-state index is 12.3. The Labute approximate surface area is 149 Å². The molecule has 1 fully saturated rings. The highest BCUT2D eigenvalue weighted by molar-refractivity contribution is 5.89. The van der Waals surface area contributed by atoms with Gasteiger partial charge in [-0.05, 0) is 28.7 Å². The molecule has 2 unspecified atom stereocenters. The van der Waals surface area contributed by atoms with Gasteiger partial charge < -0.3 is 15.4 Å². The second-order valence-corrected chi connectivity index (χ2v) is 6.05. The van der Waals surface area contributed by atoms with Gasteiger partial charge in [-0.25, -0.2) is 0 Å². The normalized spacial score (nSPS) is 18.9. The quantitative estimate of drug-likeness (QED) is 0.721. The van der Waals surface area contributed by atoms with Crippen LogP contribution in [-0.4, -0.2) is 39.3 Å². The van der Waals surface area contributed by atoms with Gasteiger partial charge in [-0.15, -0.1) is 12.4 Å². The highest BCUT2D eigenvalue weighted by Crippen LogP contribution is 2.49. The van der Waals surface area contributed by atoms with Crippen molar-refractivity contribution >= 4 is 29.1 Å². The minimum absolute atomic E-state index is 0. The first kappa shape index (κ1) is 18.7. The molecule has 2 atom stereocenters. The zero-order valence-corrected chi connectivity index (χ0v) is 14.8. The summed E-state index contributed by atoms with van der Waals surface area (Å²) in [5.74, 6) is 0.666. The number of hydrogen-bond donors (Lipinski definition) is 2. The Morgan fingerprint density at radius 1 is 1.12 bits per heavy atom. The molecule has 3 rings (SSSR count). The third-order valence-corrected chi connectivity index (χ3v) is 4.43. The molecular formula is C19H25ClN2O2. The SMILES string of the molecule is COCCNCCNC(=O)C1CC1c1cccc2ccccc12.Cl. The average molecular weight is 349 g/mol.